The van der Waals surface area contributed by atoms with Crippen molar-refractivity contribution in [1.29, 1.82) is 0 Å². The van der Waals surface area contributed by atoms with E-state index < -0.39 is 21.0 Å². The van der Waals surface area contributed by atoms with Crippen molar-refractivity contribution in [3.05, 3.63) is 51.2 Å². The Morgan fingerprint density at radius 1 is 1.22 bits per heavy atom. The average molecular weight is 624 g/mol. The Labute approximate surface area is 212 Å². The number of halogens is 3. The number of rotatable bonds is 3. The smallest absolute Gasteiger partial charge is 0.292 e. The lowest BCUT2D eigenvalue weighted by Crippen LogP contribution is -2.67. The van der Waals surface area contributed by atoms with E-state index in [0.717, 1.165) is 9.20 Å². The molecule has 3 aliphatic rings. The maximum Gasteiger partial charge on any atom is 0.306 e. The van der Waals surface area contributed by atoms with Crippen molar-refractivity contribution in [3.63, 3.8) is 0 Å². The van der Waals surface area contributed by atoms with E-state index in [0.29, 0.717) is 34.2 Å². The van der Waals surface area contributed by atoms with Crippen molar-refractivity contribution in [3.8, 4) is 0 Å². The second-order valence-corrected chi connectivity index (χ2v) is 13.1. The first kappa shape index (κ1) is 22.7. The van der Waals surface area contributed by atoms with E-state index >= 15 is 0 Å². The van der Waals surface area contributed by atoms with Crippen LogP contribution in [0.5, 0.6) is 0 Å². The summed E-state index contributed by atoms with van der Waals surface area (Å²) in [7, 11) is -1.12. The molecular formula is C19H18Br2ClN5O3S2. The zero-order chi connectivity index (χ0) is 23.1. The van der Waals surface area contributed by atoms with Gasteiger partial charge in [0.15, 0.2) is 10.2 Å². The van der Waals surface area contributed by atoms with Crippen LogP contribution in [-0.2, 0) is 16.0 Å². The standard InChI is InChI=1S/C19H18Br2ClN5O3S2/c1-24(2)32(29,30)27-17(31-12-7-4-3-5-8-12)23-19-18(27,22)9-6-10-25(19)16(28)14-11-13(20)15(21)26(14)19/h3-5,7-8,11H,6,9-10H2,1-2H3/t18-,19-/m1/s1. The molecule has 2 atom stereocenters. The highest BCUT2D eigenvalue weighted by atomic mass is 79.9. The monoisotopic (exact) mass is 621 g/mol. The number of hydrogen-bond donors (Lipinski definition) is 0. The molecule has 3 aliphatic heterocycles. The minimum atomic E-state index is -4.04. The van der Waals surface area contributed by atoms with Gasteiger partial charge in [0.05, 0.1) is 4.47 Å². The summed E-state index contributed by atoms with van der Waals surface area (Å²) in [5, 5.41) is 0.212. The molecule has 8 nitrogen and oxygen atoms in total. The summed E-state index contributed by atoms with van der Waals surface area (Å²) >= 11 is 15.6. The molecule has 1 aromatic carbocycles. The van der Waals surface area contributed by atoms with Crippen molar-refractivity contribution in [1.82, 2.24) is 18.1 Å². The number of nitrogens with zero attached hydrogens (tertiary/aromatic N) is 5. The Hall–Kier alpha value is -1.05. The van der Waals surface area contributed by atoms with Crippen molar-refractivity contribution in [2.24, 2.45) is 4.99 Å². The van der Waals surface area contributed by atoms with Crippen LogP contribution in [0.15, 0.2) is 55.4 Å². The van der Waals surface area contributed by atoms with Crippen molar-refractivity contribution in [2.45, 2.75) is 28.5 Å². The fourth-order valence-corrected chi connectivity index (χ4v) is 8.62. The van der Waals surface area contributed by atoms with Gasteiger partial charge in [-0.1, -0.05) is 41.6 Å². The molecule has 1 fully saturated rings. The highest BCUT2D eigenvalue weighted by Crippen LogP contribution is 2.60. The topological polar surface area (TPSA) is 78.2 Å². The molecule has 2 aromatic rings. The van der Waals surface area contributed by atoms with E-state index in [9.17, 15) is 13.2 Å². The Morgan fingerprint density at radius 3 is 2.56 bits per heavy atom. The summed E-state index contributed by atoms with van der Waals surface area (Å²) in [6.45, 7) is 0.418. The van der Waals surface area contributed by atoms with E-state index in [-0.39, 0.29) is 11.1 Å². The van der Waals surface area contributed by atoms with Gasteiger partial charge < -0.3 is 0 Å². The van der Waals surface area contributed by atoms with Crippen LogP contribution >= 0.6 is 55.2 Å². The molecule has 32 heavy (non-hydrogen) atoms. The van der Waals surface area contributed by atoms with Crippen LogP contribution in [0.3, 0.4) is 0 Å². The largest absolute Gasteiger partial charge is 0.306 e. The number of thioether (sulfide) groups is 1. The van der Waals surface area contributed by atoms with Crippen LogP contribution in [0.25, 0.3) is 0 Å². The zero-order valence-corrected chi connectivity index (χ0v) is 22.6. The lowest BCUT2D eigenvalue weighted by atomic mass is 9.97. The predicted molar refractivity (Wildman–Crippen MR) is 131 cm³/mol. The first-order valence-corrected chi connectivity index (χ1v) is 13.9. The van der Waals surface area contributed by atoms with Gasteiger partial charge >= 0.3 is 10.2 Å². The molecule has 5 rings (SSSR count). The van der Waals surface area contributed by atoms with Gasteiger partial charge in [0, 0.05) is 25.5 Å². The van der Waals surface area contributed by atoms with Crippen LogP contribution in [0.1, 0.15) is 23.3 Å². The molecule has 0 saturated carbocycles. The van der Waals surface area contributed by atoms with Crippen molar-refractivity contribution >= 4 is 76.5 Å². The number of carbonyl (C=O) groups excluding carboxylic acids is 1. The van der Waals surface area contributed by atoms with Crippen LogP contribution in [0, 0.1) is 0 Å². The van der Waals surface area contributed by atoms with Gasteiger partial charge in [-0.05, 0) is 62.9 Å². The first-order chi connectivity index (χ1) is 15.1. The maximum absolute atomic E-state index is 13.6. The number of hydrogen-bond acceptors (Lipinski definition) is 5. The Kier molecular flexibility index (Phi) is 5.31. The molecule has 4 heterocycles. The van der Waals surface area contributed by atoms with Crippen LogP contribution in [-0.4, -0.2) is 63.2 Å². The average Bonchev–Trinajstić information content (AvgIpc) is 3.27. The molecule has 1 spiro atoms. The summed E-state index contributed by atoms with van der Waals surface area (Å²) in [6, 6.07) is 11.1. The van der Waals surface area contributed by atoms with Crippen LogP contribution < -0.4 is 0 Å². The quantitative estimate of drug-likeness (QED) is 0.382. The van der Waals surface area contributed by atoms with E-state index in [2.05, 4.69) is 31.9 Å². The molecule has 170 valence electrons. The van der Waals surface area contributed by atoms with E-state index in [1.54, 1.807) is 15.5 Å². The number of aromatic nitrogens is 1. The molecule has 0 N–H and O–H groups in total. The van der Waals surface area contributed by atoms with Gasteiger partial charge in [0.2, 0.25) is 0 Å². The minimum Gasteiger partial charge on any atom is -0.292 e. The molecule has 1 saturated heterocycles. The Balaban J connectivity index is 1.81. The maximum atomic E-state index is 13.6. The summed E-state index contributed by atoms with van der Waals surface area (Å²) in [5.74, 6) is -1.69. The van der Waals surface area contributed by atoms with Crippen LogP contribution in [0.2, 0.25) is 0 Å². The van der Waals surface area contributed by atoms with Gasteiger partial charge in [-0.25, -0.2) is 9.30 Å². The third-order valence-electron chi connectivity index (χ3n) is 5.85. The fourth-order valence-electron chi connectivity index (χ4n) is 4.46. The number of alkyl halides is 1. The third kappa shape index (κ3) is 2.80. The van der Waals surface area contributed by atoms with Gasteiger partial charge in [0.1, 0.15) is 10.3 Å². The number of amidine groups is 1. The number of fused-ring (bicyclic) bond motifs is 1. The summed E-state index contributed by atoms with van der Waals surface area (Å²) < 4.78 is 32.5. The SMILES string of the molecule is CN(C)S(=O)(=O)N1C(Sc2ccccc2)=N[C@@]23N(CCC[C@@]12Cl)C(=O)c1cc(Br)c(Br)n13. The highest BCUT2D eigenvalue weighted by molar-refractivity contribution is 9.13. The Bertz CT molecular complexity index is 1270. The molecule has 0 aliphatic carbocycles. The molecule has 0 unspecified atom stereocenters. The second kappa shape index (κ2) is 7.47. The van der Waals surface area contributed by atoms with Crippen molar-refractivity contribution in [2.75, 3.05) is 20.6 Å². The lowest BCUT2D eigenvalue weighted by Gasteiger charge is -2.50. The zero-order valence-electron chi connectivity index (χ0n) is 17.0. The van der Waals surface area contributed by atoms with E-state index in [4.69, 9.17) is 16.6 Å². The molecular weight excluding hydrogens is 606 g/mol. The number of aliphatic imine (C=N–C) groups is 1. The number of benzene rings is 1. The van der Waals surface area contributed by atoms with Crippen molar-refractivity contribution < 1.29 is 13.2 Å². The van der Waals surface area contributed by atoms with Gasteiger partial charge in [0.25, 0.3) is 11.7 Å². The first-order valence-electron chi connectivity index (χ1n) is 9.69. The molecule has 1 amide bonds. The lowest BCUT2D eigenvalue weighted by molar-refractivity contribution is -0.0226. The van der Waals surface area contributed by atoms with Crippen LogP contribution in [0.4, 0.5) is 0 Å². The summed E-state index contributed by atoms with van der Waals surface area (Å²) in [6.07, 6.45) is 0.855. The normalized spacial score (nSPS) is 26.9. The molecule has 0 bridgehead atoms. The van der Waals surface area contributed by atoms with Gasteiger partial charge in [-0.15, -0.1) is 0 Å². The predicted octanol–water partition coefficient (Wildman–Crippen LogP) is 4.08. The Morgan fingerprint density at radius 2 is 1.91 bits per heavy atom. The van der Waals surface area contributed by atoms with E-state index in [1.165, 1.54) is 30.2 Å². The number of amides is 1. The van der Waals surface area contributed by atoms with E-state index in [1.807, 2.05) is 30.3 Å². The van der Waals surface area contributed by atoms with Gasteiger partial charge in [-0.2, -0.15) is 12.7 Å². The highest BCUT2D eigenvalue weighted by Gasteiger charge is 2.73. The number of piperidine rings is 1. The number of carbonyl (C=O) groups is 1. The molecule has 0 radical (unpaired) electrons. The third-order valence-corrected chi connectivity index (χ3v) is 11.4. The summed E-state index contributed by atoms with van der Waals surface area (Å²) in [5.41, 5.74) is 0.396. The molecule has 1 aromatic heterocycles. The summed E-state index contributed by atoms with van der Waals surface area (Å²) in [4.78, 5) is 19.2. The molecule has 13 heteroatoms. The second-order valence-electron chi connectivity index (χ2n) is 7.82. The van der Waals surface area contributed by atoms with Gasteiger partial charge in [-0.3, -0.25) is 14.3 Å². The minimum absolute atomic E-state index is 0.212. The fraction of sp³-hybridized carbons (Fsp3) is 0.368.